The Kier molecular flexibility index (Phi) is 6.14. The number of amides is 1. The van der Waals surface area contributed by atoms with Crippen LogP contribution in [0.15, 0.2) is 42.5 Å². The van der Waals surface area contributed by atoms with Crippen molar-refractivity contribution >= 4 is 58.1 Å². The van der Waals surface area contributed by atoms with Gasteiger partial charge in [-0.2, -0.15) is 0 Å². The molecule has 24 heavy (non-hydrogen) atoms. The van der Waals surface area contributed by atoms with E-state index in [9.17, 15) is 9.59 Å². The molecular formula is C16H12Cl2N2O3S. The average molecular weight is 383 g/mol. The Morgan fingerprint density at radius 1 is 1.00 bits per heavy atom. The van der Waals surface area contributed by atoms with Crippen LogP contribution in [0.3, 0.4) is 0 Å². The van der Waals surface area contributed by atoms with Gasteiger partial charge in [0.15, 0.2) is 5.11 Å². The minimum atomic E-state index is -0.433. The molecule has 1 amide bonds. The lowest BCUT2D eigenvalue weighted by molar-refractivity contribution is 0.0600. The highest BCUT2D eigenvalue weighted by Crippen LogP contribution is 2.22. The SMILES string of the molecule is COC(=O)c1ccc(NC(=S)NC(=O)c2ccc(Cl)c(Cl)c2)cc1. The quantitative estimate of drug-likeness (QED) is 0.622. The smallest absolute Gasteiger partial charge is 0.337 e. The van der Waals surface area contributed by atoms with Gasteiger partial charge in [0.05, 0.1) is 22.7 Å². The summed E-state index contributed by atoms with van der Waals surface area (Å²) in [5.74, 6) is -0.853. The number of nitrogens with one attached hydrogen (secondary N) is 2. The third-order valence-corrected chi connectivity index (χ3v) is 3.92. The molecule has 0 heterocycles. The van der Waals surface area contributed by atoms with Gasteiger partial charge in [0.2, 0.25) is 0 Å². The van der Waals surface area contributed by atoms with Crippen molar-refractivity contribution in [2.45, 2.75) is 0 Å². The molecule has 0 atom stereocenters. The fourth-order valence-electron chi connectivity index (χ4n) is 1.78. The van der Waals surface area contributed by atoms with Gasteiger partial charge in [-0.05, 0) is 54.7 Å². The fourth-order valence-corrected chi connectivity index (χ4v) is 2.29. The van der Waals surface area contributed by atoms with E-state index in [1.54, 1.807) is 24.3 Å². The summed E-state index contributed by atoms with van der Waals surface area (Å²) in [6.45, 7) is 0. The van der Waals surface area contributed by atoms with Gasteiger partial charge in [-0.1, -0.05) is 23.2 Å². The number of carbonyl (C=O) groups is 2. The molecule has 0 unspecified atom stereocenters. The lowest BCUT2D eigenvalue weighted by Crippen LogP contribution is -2.34. The van der Waals surface area contributed by atoms with Crippen molar-refractivity contribution in [2.75, 3.05) is 12.4 Å². The number of benzene rings is 2. The topological polar surface area (TPSA) is 67.4 Å². The largest absolute Gasteiger partial charge is 0.465 e. The van der Waals surface area contributed by atoms with Gasteiger partial charge in [0.1, 0.15) is 0 Å². The zero-order valence-electron chi connectivity index (χ0n) is 12.4. The van der Waals surface area contributed by atoms with Crippen molar-refractivity contribution in [2.24, 2.45) is 0 Å². The summed E-state index contributed by atoms with van der Waals surface area (Å²) in [5, 5.41) is 6.12. The Hall–Kier alpha value is -2.15. The maximum absolute atomic E-state index is 12.1. The normalized spacial score (nSPS) is 9.96. The Labute approximate surface area is 153 Å². The van der Waals surface area contributed by atoms with Crippen LogP contribution in [-0.4, -0.2) is 24.1 Å². The van der Waals surface area contributed by atoms with Crippen LogP contribution in [0, 0.1) is 0 Å². The summed E-state index contributed by atoms with van der Waals surface area (Å²) in [6, 6.07) is 11.0. The van der Waals surface area contributed by atoms with Crippen molar-refractivity contribution < 1.29 is 14.3 Å². The van der Waals surface area contributed by atoms with E-state index in [0.29, 0.717) is 21.8 Å². The maximum atomic E-state index is 12.1. The third-order valence-electron chi connectivity index (χ3n) is 2.97. The molecular weight excluding hydrogens is 371 g/mol. The van der Waals surface area contributed by atoms with Gasteiger partial charge in [-0.25, -0.2) is 4.79 Å². The van der Waals surface area contributed by atoms with E-state index >= 15 is 0 Å². The van der Waals surface area contributed by atoms with Crippen molar-refractivity contribution in [1.82, 2.24) is 5.32 Å². The Balaban J connectivity index is 1.98. The molecule has 0 radical (unpaired) electrons. The lowest BCUT2D eigenvalue weighted by Gasteiger charge is -2.10. The molecule has 0 fully saturated rings. The van der Waals surface area contributed by atoms with Crippen molar-refractivity contribution in [1.29, 1.82) is 0 Å². The van der Waals surface area contributed by atoms with E-state index < -0.39 is 11.9 Å². The number of halogens is 2. The Morgan fingerprint density at radius 3 is 2.21 bits per heavy atom. The predicted octanol–water partition coefficient (Wildman–Crippen LogP) is 3.91. The second-order valence-electron chi connectivity index (χ2n) is 4.61. The van der Waals surface area contributed by atoms with Crippen molar-refractivity contribution in [3.63, 3.8) is 0 Å². The van der Waals surface area contributed by atoms with Gasteiger partial charge in [0.25, 0.3) is 5.91 Å². The highest BCUT2D eigenvalue weighted by molar-refractivity contribution is 7.80. The summed E-state index contributed by atoms with van der Waals surface area (Å²) in [5.41, 5.74) is 1.35. The van der Waals surface area contributed by atoms with Crippen LogP contribution in [0.4, 0.5) is 5.69 Å². The summed E-state index contributed by atoms with van der Waals surface area (Å²) in [4.78, 5) is 23.4. The monoisotopic (exact) mass is 382 g/mol. The first-order valence-electron chi connectivity index (χ1n) is 6.66. The van der Waals surface area contributed by atoms with Gasteiger partial charge < -0.3 is 10.1 Å². The van der Waals surface area contributed by atoms with Gasteiger partial charge >= 0.3 is 5.97 Å². The molecule has 2 aromatic rings. The molecule has 5 nitrogen and oxygen atoms in total. The summed E-state index contributed by atoms with van der Waals surface area (Å²) < 4.78 is 4.61. The summed E-state index contributed by atoms with van der Waals surface area (Å²) >= 11 is 16.8. The van der Waals surface area contributed by atoms with Crippen LogP contribution < -0.4 is 10.6 Å². The van der Waals surface area contributed by atoms with Gasteiger partial charge in [0, 0.05) is 11.3 Å². The standard InChI is InChI=1S/C16H12Cl2N2O3S/c1-23-15(22)9-2-5-11(6-3-9)19-16(24)20-14(21)10-4-7-12(17)13(18)8-10/h2-8H,1H3,(H2,19,20,21,24). The minimum Gasteiger partial charge on any atom is -0.465 e. The molecule has 0 aromatic heterocycles. The van der Waals surface area contributed by atoms with Gasteiger partial charge in [-0.3, -0.25) is 10.1 Å². The van der Waals surface area contributed by atoms with Crippen LogP contribution in [-0.2, 0) is 4.74 Å². The van der Waals surface area contributed by atoms with E-state index in [0.717, 1.165) is 0 Å². The zero-order chi connectivity index (χ0) is 17.7. The number of esters is 1. The zero-order valence-corrected chi connectivity index (χ0v) is 14.8. The molecule has 0 spiro atoms. The molecule has 0 bridgehead atoms. The Morgan fingerprint density at radius 2 is 1.62 bits per heavy atom. The van der Waals surface area contributed by atoms with E-state index in [4.69, 9.17) is 35.4 Å². The molecule has 0 saturated carbocycles. The van der Waals surface area contributed by atoms with E-state index in [-0.39, 0.29) is 10.1 Å². The number of ether oxygens (including phenoxy) is 1. The number of anilines is 1. The molecule has 0 saturated heterocycles. The van der Waals surface area contributed by atoms with E-state index in [2.05, 4.69) is 15.4 Å². The van der Waals surface area contributed by atoms with Crippen molar-refractivity contribution in [3.05, 3.63) is 63.6 Å². The molecule has 2 rings (SSSR count). The first-order chi connectivity index (χ1) is 11.4. The summed E-state index contributed by atoms with van der Waals surface area (Å²) in [6.07, 6.45) is 0. The number of carbonyl (C=O) groups excluding carboxylic acids is 2. The molecule has 124 valence electrons. The molecule has 0 aliphatic rings. The van der Waals surface area contributed by atoms with Crippen molar-refractivity contribution in [3.8, 4) is 0 Å². The van der Waals surface area contributed by atoms with Crippen LogP contribution in [0.25, 0.3) is 0 Å². The first-order valence-corrected chi connectivity index (χ1v) is 7.83. The number of methoxy groups -OCH3 is 1. The summed E-state index contributed by atoms with van der Waals surface area (Å²) in [7, 11) is 1.31. The highest BCUT2D eigenvalue weighted by atomic mass is 35.5. The van der Waals surface area contributed by atoms with Crippen LogP contribution in [0.5, 0.6) is 0 Å². The molecule has 2 aromatic carbocycles. The van der Waals surface area contributed by atoms with E-state index in [1.165, 1.54) is 25.3 Å². The minimum absolute atomic E-state index is 0.108. The first kappa shape index (κ1) is 18.2. The Bertz CT molecular complexity index is 794. The highest BCUT2D eigenvalue weighted by Gasteiger charge is 2.10. The average Bonchev–Trinajstić information content (AvgIpc) is 2.57. The number of rotatable bonds is 3. The van der Waals surface area contributed by atoms with E-state index in [1.807, 2.05) is 0 Å². The van der Waals surface area contributed by atoms with Gasteiger partial charge in [-0.15, -0.1) is 0 Å². The number of hydrogen-bond acceptors (Lipinski definition) is 4. The molecule has 2 N–H and O–H groups in total. The third kappa shape index (κ3) is 4.67. The fraction of sp³-hybridized carbons (Fsp3) is 0.0625. The number of hydrogen-bond donors (Lipinski definition) is 2. The predicted molar refractivity (Wildman–Crippen MR) is 97.9 cm³/mol. The molecule has 8 heteroatoms. The molecule has 0 aliphatic heterocycles. The van der Waals surface area contributed by atoms with Crippen LogP contribution >= 0.6 is 35.4 Å². The second kappa shape index (κ2) is 8.10. The van der Waals surface area contributed by atoms with Crippen LogP contribution in [0.1, 0.15) is 20.7 Å². The number of thiocarbonyl (C=S) groups is 1. The maximum Gasteiger partial charge on any atom is 0.337 e. The van der Waals surface area contributed by atoms with Crippen LogP contribution in [0.2, 0.25) is 10.0 Å². The molecule has 0 aliphatic carbocycles. The lowest BCUT2D eigenvalue weighted by atomic mass is 10.2. The second-order valence-corrected chi connectivity index (χ2v) is 5.83.